The third-order valence-electron chi connectivity index (χ3n) is 2.79. The summed E-state index contributed by atoms with van der Waals surface area (Å²) < 4.78 is 10.9. The zero-order valence-electron chi connectivity index (χ0n) is 12.9. The topological polar surface area (TPSA) is 89.9 Å². The van der Waals surface area contributed by atoms with Crippen LogP contribution < -0.4 is 14.9 Å². The number of hydrogen-bond donors (Lipinski definition) is 1. The van der Waals surface area contributed by atoms with Crippen LogP contribution in [0.1, 0.15) is 22.8 Å². The van der Waals surface area contributed by atoms with Gasteiger partial charge >= 0.3 is 5.97 Å². The number of carbonyl (C=O) groups excluding carboxylic acids is 2. The molecule has 1 aromatic carbocycles. The highest BCUT2D eigenvalue weighted by molar-refractivity contribution is 9.10. The van der Waals surface area contributed by atoms with Crippen LogP contribution in [0.2, 0.25) is 0 Å². The normalized spacial score (nSPS) is 10.5. The summed E-state index contributed by atoms with van der Waals surface area (Å²) >= 11 is 3.24. The first-order chi connectivity index (χ1) is 11.5. The number of carbonyl (C=O) groups is 2. The fourth-order valence-corrected chi connectivity index (χ4v) is 2.13. The van der Waals surface area contributed by atoms with Gasteiger partial charge in [-0.1, -0.05) is 0 Å². The minimum absolute atomic E-state index is 0.311. The highest BCUT2D eigenvalue weighted by Crippen LogP contribution is 2.27. The molecule has 0 saturated carbocycles. The first-order valence-corrected chi connectivity index (χ1v) is 7.59. The van der Waals surface area contributed by atoms with E-state index in [4.69, 9.17) is 9.47 Å². The minimum Gasteiger partial charge on any atom is -0.493 e. The van der Waals surface area contributed by atoms with Gasteiger partial charge in [-0.25, -0.2) is 5.43 Å². The van der Waals surface area contributed by atoms with Crippen LogP contribution in [0.5, 0.6) is 11.5 Å². The Hall–Kier alpha value is -2.74. The summed E-state index contributed by atoms with van der Waals surface area (Å²) in [5.74, 6) is -0.128. The Bertz CT molecular complexity index is 793. The van der Waals surface area contributed by atoms with Crippen LogP contribution in [-0.4, -0.2) is 30.2 Å². The first kappa shape index (κ1) is 17.6. The maximum Gasteiger partial charge on any atom is 0.308 e. The number of pyridine rings is 1. The van der Waals surface area contributed by atoms with E-state index in [1.54, 1.807) is 30.5 Å². The van der Waals surface area contributed by atoms with Gasteiger partial charge in [0, 0.05) is 23.8 Å². The Kier molecular flexibility index (Phi) is 6.02. The molecule has 124 valence electrons. The Balaban J connectivity index is 2.06. The van der Waals surface area contributed by atoms with Gasteiger partial charge in [0.1, 0.15) is 0 Å². The average molecular weight is 392 g/mol. The van der Waals surface area contributed by atoms with Crippen molar-refractivity contribution < 1.29 is 19.1 Å². The largest absolute Gasteiger partial charge is 0.493 e. The summed E-state index contributed by atoms with van der Waals surface area (Å²) in [5, 5.41) is 3.88. The van der Waals surface area contributed by atoms with E-state index in [0.717, 1.165) is 0 Å². The molecule has 0 spiro atoms. The van der Waals surface area contributed by atoms with Gasteiger partial charge in [-0.3, -0.25) is 14.6 Å². The fourth-order valence-electron chi connectivity index (χ4n) is 1.77. The molecule has 1 amide bonds. The molecule has 0 unspecified atom stereocenters. The van der Waals surface area contributed by atoms with E-state index in [9.17, 15) is 9.59 Å². The molecule has 0 saturated heterocycles. The van der Waals surface area contributed by atoms with Crippen molar-refractivity contribution in [2.24, 2.45) is 5.10 Å². The number of nitrogens with one attached hydrogen (secondary N) is 1. The lowest BCUT2D eigenvalue weighted by Crippen LogP contribution is -2.17. The van der Waals surface area contributed by atoms with Gasteiger partial charge < -0.3 is 9.47 Å². The Morgan fingerprint density at radius 1 is 1.25 bits per heavy atom. The molecule has 1 heterocycles. The van der Waals surface area contributed by atoms with Crippen molar-refractivity contribution in [3.05, 3.63) is 52.3 Å². The van der Waals surface area contributed by atoms with Gasteiger partial charge in [-0.05, 0) is 45.8 Å². The van der Waals surface area contributed by atoms with Gasteiger partial charge in [0.2, 0.25) is 0 Å². The standard InChI is InChI=1S/C16H14BrN3O4/c1-10(21)24-14-4-3-11(5-15(14)23-2)7-19-20-16(22)12-6-13(17)9-18-8-12/h3-9H,1-2H3,(H,20,22)/b19-7-. The zero-order chi connectivity index (χ0) is 17.5. The van der Waals surface area contributed by atoms with E-state index < -0.39 is 5.97 Å². The molecule has 2 rings (SSSR count). The Morgan fingerprint density at radius 3 is 2.71 bits per heavy atom. The third-order valence-corrected chi connectivity index (χ3v) is 3.22. The van der Waals surface area contributed by atoms with Crippen molar-refractivity contribution in [1.82, 2.24) is 10.4 Å². The second-order valence-corrected chi connectivity index (χ2v) is 5.51. The number of rotatable bonds is 5. The number of hydrogen-bond acceptors (Lipinski definition) is 6. The number of hydrazone groups is 1. The monoisotopic (exact) mass is 391 g/mol. The molecule has 7 nitrogen and oxygen atoms in total. The molecule has 8 heteroatoms. The summed E-state index contributed by atoms with van der Waals surface area (Å²) in [5.41, 5.74) is 3.44. The van der Waals surface area contributed by atoms with E-state index in [-0.39, 0.29) is 5.91 Å². The van der Waals surface area contributed by atoms with Crippen LogP contribution in [0.3, 0.4) is 0 Å². The zero-order valence-corrected chi connectivity index (χ0v) is 14.5. The van der Waals surface area contributed by atoms with Gasteiger partial charge in [0.05, 0.1) is 18.9 Å². The Morgan fingerprint density at radius 2 is 2.04 bits per heavy atom. The van der Waals surface area contributed by atoms with Crippen molar-refractivity contribution in [3.8, 4) is 11.5 Å². The van der Waals surface area contributed by atoms with E-state index in [2.05, 4.69) is 31.4 Å². The van der Waals surface area contributed by atoms with E-state index in [1.165, 1.54) is 26.4 Å². The minimum atomic E-state index is -0.440. The number of esters is 1. The Labute approximate surface area is 146 Å². The van der Waals surface area contributed by atoms with Crippen LogP contribution in [0, 0.1) is 0 Å². The van der Waals surface area contributed by atoms with E-state index >= 15 is 0 Å². The van der Waals surface area contributed by atoms with Gasteiger partial charge in [-0.15, -0.1) is 0 Å². The maximum atomic E-state index is 11.9. The van der Waals surface area contributed by atoms with Crippen LogP contribution in [0.15, 0.2) is 46.2 Å². The lowest BCUT2D eigenvalue weighted by Gasteiger charge is -2.08. The molecule has 0 aliphatic rings. The lowest BCUT2D eigenvalue weighted by atomic mass is 10.2. The van der Waals surface area contributed by atoms with Crippen molar-refractivity contribution in [1.29, 1.82) is 0 Å². The molecule has 0 aliphatic carbocycles. The number of aromatic nitrogens is 1. The number of ether oxygens (including phenoxy) is 2. The van der Waals surface area contributed by atoms with Gasteiger partial charge in [0.25, 0.3) is 5.91 Å². The van der Waals surface area contributed by atoms with Crippen LogP contribution >= 0.6 is 15.9 Å². The average Bonchev–Trinajstić information content (AvgIpc) is 2.55. The first-order valence-electron chi connectivity index (χ1n) is 6.80. The lowest BCUT2D eigenvalue weighted by molar-refractivity contribution is -0.132. The van der Waals surface area contributed by atoms with Crippen molar-refractivity contribution in [2.75, 3.05) is 7.11 Å². The molecule has 1 N–H and O–H groups in total. The van der Waals surface area contributed by atoms with E-state index in [0.29, 0.717) is 27.1 Å². The smallest absolute Gasteiger partial charge is 0.308 e. The molecule has 1 aromatic heterocycles. The van der Waals surface area contributed by atoms with E-state index in [1.807, 2.05) is 0 Å². The van der Waals surface area contributed by atoms with Crippen molar-refractivity contribution in [2.45, 2.75) is 6.92 Å². The van der Waals surface area contributed by atoms with Crippen LogP contribution in [0.4, 0.5) is 0 Å². The molecule has 2 aromatic rings. The molecule has 0 bridgehead atoms. The van der Waals surface area contributed by atoms with Crippen molar-refractivity contribution in [3.63, 3.8) is 0 Å². The quantitative estimate of drug-likeness (QED) is 0.366. The highest BCUT2D eigenvalue weighted by Gasteiger charge is 2.08. The third kappa shape index (κ3) is 4.88. The second kappa shape index (κ2) is 8.21. The molecule has 0 radical (unpaired) electrons. The molecule has 0 fully saturated rings. The number of amides is 1. The second-order valence-electron chi connectivity index (χ2n) is 4.59. The van der Waals surface area contributed by atoms with Gasteiger partial charge in [0.15, 0.2) is 11.5 Å². The summed E-state index contributed by atoms with van der Waals surface area (Å²) in [6, 6.07) is 6.53. The number of nitrogens with zero attached hydrogens (tertiary/aromatic N) is 2. The van der Waals surface area contributed by atoms with Crippen molar-refractivity contribution >= 4 is 34.0 Å². The molecular formula is C16H14BrN3O4. The molecule has 0 atom stereocenters. The van der Waals surface area contributed by atoms with Crippen LogP contribution in [-0.2, 0) is 4.79 Å². The van der Waals surface area contributed by atoms with Crippen LogP contribution in [0.25, 0.3) is 0 Å². The SMILES string of the molecule is COc1cc(/C=N\NC(=O)c2cncc(Br)c2)ccc1OC(C)=O. The summed E-state index contributed by atoms with van der Waals surface area (Å²) in [6.07, 6.45) is 4.47. The number of methoxy groups -OCH3 is 1. The number of benzene rings is 1. The molecular weight excluding hydrogens is 378 g/mol. The summed E-state index contributed by atoms with van der Waals surface area (Å²) in [6.45, 7) is 1.31. The fraction of sp³-hybridized carbons (Fsp3) is 0.125. The molecule has 0 aliphatic heterocycles. The predicted octanol–water partition coefficient (Wildman–Crippen LogP) is 2.54. The molecule has 24 heavy (non-hydrogen) atoms. The van der Waals surface area contributed by atoms with Gasteiger partial charge in [-0.2, -0.15) is 5.10 Å². The summed E-state index contributed by atoms with van der Waals surface area (Å²) in [7, 11) is 1.46. The maximum absolute atomic E-state index is 11.9. The summed E-state index contributed by atoms with van der Waals surface area (Å²) in [4.78, 5) is 26.8. The number of halogens is 1. The highest BCUT2D eigenvalue weighted by atomic mass is 79.9. The predicted molar refractivity (Wildman–Crippen MR) is 91.3 cm³/mol.